The maximum atomic E-state index is 13.4. The van der Waals surface area contributed by atoms with Gasteiger partial charge in [-0.3, -0.25) is 10.1 Å². The highest BCUT2D eigenvalue weighted by Crippen LogP contribution is 2.25. The second-order valence-corrected chi connectivity index (χ2v) is 5.87. The summed E-state index contributed by atoms with van der Waals surface area (Å²) in [6.07, 6.45) is 0. The van der Waals surface area contributed by atoms with Crippen molar-refractivity contribution < 1.29 is 13.6 Å². The van der Waals surface area contributed by atoms with Crippen LogP contribution >= 0.6 is 23.1 Å². The van der Waals surface area contributed by atoms with Crippen LogP contribution in [0.15, 0.2) is 22.5 Å². The highest BCUT2D eigenvalue weighted by Gasteiger charge is 2.14. The third kappa shape index (κ3) is 3.48. The van der Waals surface area contributed by atoms with Gasteiger partial charge in [-0.25, -0.2) is 8.78 Å². The lowest BCUT2D eigenvalue weighted by molar-refractivity contribution is 0.102. The molecule has 0 aliphatic rings. The largest absolute Gasteiger partial charge is 0.296 e. The lowest BCUT2D eigenvalue weighted by Gasteiger charge is -2.02. The number of hydrogen-bond donors (Lipinski definition) is 1. The van der Waals surface area contributed by atoms with Crippen molar-refractivity contribution in [3.63, 3.8) is 0 Å². The Morgan fingerprint density at radius 2 is 2.21 bits per heavy atom. The van der Waals surface area contributed by atoms with Crippen molar-refractivity contribution in [2.24, 2.45) is 0 Å². The van der Waals surface area contributed by atoms with Crippen LogP contribution < -0.4 is 5.32 Å². The maximum absolute atomic E-state index is 13.4. The standard InChI is InChI=1S/C11H9F2N3OS2/c1-2-18-11-16-15-10(19-11)14-9(17)7-4-3-6(12)5-8(7)13/h3-5H,2H2,1H3,(H,14,15,17). The van der Waals surface area contributed by atoms with Crippen LogP contribution in [-0.4, -0.2) is 21.9 Å². The van der Waals surface area contributed by atoms with E-state index in [-0.39, 0.29) is 10.7 Å². The fourth-order valence-corrected chi connectivity index (χ4v) is 2.92. The first-order valence-corrected chi connectivity index (χ1v) is 7.13. The molecule has 0 aliphatic carbocycles. The first kappa shape index (κ1) is 13.9. The number of benzene rings is 1. The minimum atomic E-state index is -0.912. The van der Waals surface area contributed by atoms with Crippen LogP contribution in [0.3, 0.4) is 0 Å². The number of nitrogens with zero attached hydrogens (tertiary/aromatic N) is 2. The average molecular weight is 301 g/mol. The molecule has 4 nitrogen and oxygen atoms in total. The topological polar surface area (TPSA) is 54.9 Å². The zero-order valence-corrected chi connectivity index (χ0v) is 11.4. The van der Waals surface area contributed by atoms with Gasteiger partial charge >= 0.3 is 0 Å². The summed E-state index contributed by atoms with van der Waals surface area (Å²) >= 11 is 2.70. The number of rotatable bonds is 4. The van der Waals surface area contributed by atoms with Gasteiger partial charge in [0.2, 0.25) is 5.13 Å². The molecule has 2 aromatic rings. The molecule has 0 fully saturated rings. The third-order valence-corrected chi connectivity index (χ3v) is 3.92. The van der Waals surface area contributed by atoms with Crippen molar-refractivity contribution in [1.29, 1.82) is 0 Å². The van der Waals surface area contributed by atoms with Gasteiger partial charge in [-0.1, -0.05) is 30.0 Å². The van der Waals surface area contributed by atoms with E-state index in [0.29, 0.717) is 6.07 Å². The van der Waals surface area contributed by atoms with Gasteiger partial charge in [-0.2, -0.15) is 0 Å². The second-order valence-electron chi connectivity index (χ2n) is 3.38. The van der Waals surface area contributed by atoms with Gasteiger partial charge in [-0.15, -0.1) is 10.2 Å². The molecule has 0 aliphatic heterocycles. The molecule has 1 N–H and O–H groups in total. The Labute approximate surface area is 116 Å². The number of carbonyl (C=O) groups is 1. The fourth-order valence-electron chi connectivity index (χ4n) is 1.28. The first-order valence-electron chi connectivity index (χ1n) is 5.33. The fraction of sp³-hybridized carbons (Fsp3) is 0.182. The van der Waals surface area contributed by atoms with E-state index >= 15 is 0 Å². The Bertz CT molecular complexity index is 603. The van der Waals surface area contributed by atoms with Gasteiger partial charge < -0.3 is 0 Å². The Balaban J connectivity index is 2.11. The van der Waals surface area contributed by atoms with Crippen LogP contribution in [0, 0.1) is 11.6 Å². The first-order chi connectivity index (χ1) is 9.10. The number of nitrogens with one attached hydrogen (secondary N) is 1. The molecule has 0 unspecified atom stereocenters. The van der Waals surface area contributed by atoms with Gasteiger partial charge in [0, 0.05) is 6.07 Å². The smallest absolute Gasteiger partial charge is 0.260 e. The van der Waals surface area contributed by atoms with E-state index < -0.39 is 17.5 Å². The molecular formula is C11H9F2N3OS2. The van der Waals surface area contributed by atoms with Gasteiger partial charge in [0.05, 0.1) is 5.56 Å². The van der Waals surface area contributed by atoms with Crippen molar-refractivity contribution in [1.82, 2.24) is 10.2 Å². The summed E-state index contributed by atoms with van der Waals surface area (Å²) < 4.78 is 26.8. The van der Waals surface area contributed by atoms with E-state index in [9.17, 15) is 13.6 Å². The van der Waals surface area contributed by atoms with E-state index in [1.165, 1.54) is 23.1 Å². The molecular weight excluding hydrogens is 292 g/mol. The Hall–Kier alpha value is -1.54. The van der Waals surface area contributed by atoms with Gasteiger partial charge in [0.25, 0.3) is 5.91 Å². The van der Waals surface area contributed by atoms with Crippen LogP contribution in [0.25, 0.3) is 0 Å². The molecule has 0 saturated carbocycles. The van der Waals surface area contributed by atoms with Crippen molar-refractivity contribution in [2.45, 2.75) is 11.3 Å². The molecule has 0 bridgehead atoms. The molecule has 0 atom stereocenters. The highest BCUT2D eigenvalue weighted by atomic mass is 32.2. The summed E-state index contributed by atoms with van der Waals surface area (Å²) in [6.45, 7) is 1.97. The summed E-state index contributed by atoms with van der Waals surface area (Å²) in [5, 5.41) is 10.3. The third-order valence-electron chi connectivity index (χ3n) is 2.07. The highest BCUT2D eigenvalue weighted by molar-refractivity contribution is 8.01. The Kier molecular flexibility index (Phi) is 4.43. The molecule has 1 aromatic carbocycles. The normalized spacial score (nSPS) is 10.5. The number of anilines is 1. The van der Waals surface area contributed by atoms with Crippen LogP contribution in [0.5, 0.6) is 0 Å². The SMILES string of the molecule is CCSc1nnc(NC(=O)c2ccc(F)cc2F)s1. The van der Waals surface area contributed by atoms with Crippen molar-refractivity contribution >= 4 is 34.1 Å². The molecule has 100 valence electrons. The number of aromatic nitrogens is 2. The molecule has 1 amide bonds. The van der Waals surface area contributed by atoms with E-state index in [2.05, 4.69) is 15.5 Å². The summed E-state index contributed by atoms with van der Waals surface area (Å²) in [5.74, 6) is -1.48. The summed E-state index contributed by atoms with van der Waals surface area (Å²) in [7, 11) is 0. The van der Waals surface area contributed by atoms with Crippen LogP contribution in [0.2, 0.25) is 0 Å². The zero-order chi connectivity index (χ0) is 13.8. The van der Waals surface area contributed by atoms with E-state index in [1.54, 1.807) is 0 Å². The van der Waals surface area contributed by atoms with Gasteiger partial charge in [-0.05, 0) is 17.9 Å². The number of hydrogen-bond acceptors (Lipinski definition) is 5. The van der Waals surface area contributed by atoms with Crippen LogP contribution in [0.1, 0.15) is 17.3 Å². The monoisotopic (exact) mass is 301 g/mol. The summed E-state index contributed by atoms with van der Waals surface area (Å²) in [4.78, 5) is 11.8. The van der Waals surface area contributed by atoms with Crippen LogP contribution in [-0.2, 0) is 0 Å². The predicted molar refractivity (Wildman–Crippen MR) is 70.6 cm³/mol. The van der Waals surface area contributed by atoms with Crippen molar-refractivity contribution in [2.75, 3.05) is 11.1 Å². The number of amides is 1. The minimum Gasteiger partial charge on any atom is -0.296 e. The molecule has 0 saturated heterocycles. The number of thioether (sulfide) groups is 1. The predicted octanol–water partition coefficient (Wildman–Crippen LogP) is 3.18. The summed E-state index contributed by atoms with van der Waals surface area (Å²) in [5.41, 5.74) is -0.235. The van der Waals surface area contributed by atoms with Crippen molar-refractivity contribution in [3.05, 3.63) is 35.4 Å². The second kappa shape index (κ2) is 6.07. The van der Waals surface area contributed by atoms with Crippen molar-refractivity contribution in [3.8, 4) is 0 Å². The molecule has 0 spiro atoms. The molecule has 1 aromatic heterocycles. The van der Waals surface area contributed by atoms with E-state index in [1.807, 2.05) is 6.92 Å². The van der Waals surface area contributed by atoms with Gasteiger partial charge in [0.15, 0.2) is 4.34 Å². The molecule has 19 heavy (non-hydrogen) atoms. The van der Waals surface area contributed by atoms with Gasteiger partial charge in [0.1, 0.15) is 11.6 Å². The number of halogens is 2. The number of carbonyl (C=O) groups excluding carboxylic acids is 1. The molecule has 8 heteroatoms. The Morgan fingerprint density at radius 1 is 1.42 bits per heavy atom. The summed E-state index contributed by atoms with van der Waals surface area (Å²) in [6, 6.07) is 2.77. The average Bonchev–Trinajstić information content (AvgIpc) is 2.76. The van der Waals surface area contributed by atoms with E-state index in [4.69, 9.17) is 0 Å². The quantitative estimate of drug-likeness (QED) is 0.696. The zero-order valence-electron chi connectivity index (χ0n) is 9.81. The lowest BCUT2D eigenvalue weighted by Crippen LogP contribution is -2.13. The Morgan fingerprint density at radius 3 is 2.89 bits per heavy atom. The van der Waals surface area contributed by atoms with E-state index in [0.717, 1.165) is 22.2 Å². The van der Waals surface area contributed by atoms with Crippen LogP contribution in [0.4, 0.5) is 13.9 Å². The minimum absolute atomic E-state index is 0.235. The molecule has 2 rings (SSSR count). The molecule has 1 heterocycles. The maximum Gasteiger partial charge on any atom is 0.260 e. The molecule has 0 radical (unpaired) electrons. The lowest BCUT2D eigenvalue weighted by atomic mass is 10.2.